The molecule has 0 spiro atoms. The van der Waals surface area contributed by atoms with Crippen molar-refractivity contribution >= 4 is 0 Å². The van der Waals surface area contributed by atoms with Crippen LogP contribution in [0.1, 0.15) is 30.8 Å². The van der Waals surface area contributed by atoms with Gasteiger partial charge >= 0.3 is 0 Å². The summed E-state index contributed by atoms with van der Waals surface area (Å²) in [6.45, 7) is 8.30. The molecular formula is C23H27NO. The molecule has 25 heavy (non-hydrogen) atoms. The van der Waals surface area contributed by atoms with Gasteiger partial charge in [-0.25, -0.2) is 0 Å². The zero-order valence-corrected chi connectivity index (χ0v) is 15.5. The van der Waals surface area contributed by atoms with Crippen molar-refractivity contribution in [2.45, 2.75) is 40.2 Å². The molecule has 0 aliphatic heterocycles. The molecule has 0 radical (unpaired) electrons. The topological polar surface area (TPSA) is 14.2 Å². The maximum Gasteiger partial charge on any atom is 0.119 e. The van der Waals surface area contributed by atoms with Crippen LogP contribution in [0.5, 0.6) is 5.75 Å². The fourth-order valence-electron chi connectivity index (χ4n) is 3.68. The molecular weight excluding hydrogens is 306 g/mol. The van der Waals surface area contributed by atoms with Gasteiger partial charge in [-0.05, 0) is 43.0 Å². The molecule has 2 heteroatoms. The lowest BCUT2D eigenvalue weighted by Crippen LogP contribution is -2.12. The van der Waals surface area contributed by atoms with E-state index in [2.05, 4.69) is 55.7 Å². The lowest BCUT2D eigenvalue weighted by Gasteiger charge is -2.13. The van der Waals surface area contributed by atoms with E-state index in [0.29, 0.717) is 6.61 Å². The summed E-state index contributed by atoms with van der Waals surface area (Å²) in [4.78, 5) is 0. The third-order valence-electron chi connectivity index (χ3n) is 4.84. The fraction of sp³-hybridized carbons (Fsp3) is 0.304. The van der Waals surface area contributed by atoms with Crippen molar-refractivity contribution in [2.24, 2.45) is 0 Å². The van der Waals surface area contributed by atoms with Crippen LogP contribution in [0.4, 0.5) is 0 Å². The molecule has 0 aliphatic rings. The second-order valence-electron chi connectivity index (χ2n) is 6.27. The molecule has 1 heterocycles. The minimum Gasteiger partial charge on any atom is -0.492 e. The quantitative estimate of drug-likeness (QED) is 0.543. The Bertz CT molecular complexity index is 803. The number of para-hydroxylation sites is 1. The minimum absolute atomic E-state index is 0.684. The molecule has 0 fully saturated rings. The van der Waals surface area contributed by atoms with Crippen LogP contribution in [0.2, 0.25) is 0 Å². The highest BCUT2D eigenvalue weighted by Gasteiger charge is 2.19. The van der Waals surface area contributed by atoms with Gasteiger partial charge in [0.1, 0.15) is 12.4 Å². The van der Waals surface area contributed by atoms with Gasteiger partial charge in [0.15, 0.2) is 0 Å². The highest BCUT2D eigenvalue weighted by atomic mass is 16.5. The Hall–Kier alpha value is -2.48. The van der Waals surface area contributed by atoms with E-state index in [4.69, 9.17) is 4.74 Å². The first-order valence-corrected chi connectivity index (χ1v) is 9.20. The Labute approximate surface area is 151 Å². The van der Waals surface area contributed by atoms with Crippen LogP contribution in [0.15, 0.2) is 60.7 Å². The standard InChI is InChI=1S/C23H27NO/c1-4-21-18(3)24(16-17-25-20-14-10-7-11-15-20)22(5-2)23(21)19-12-8-6-9-13-19/h6-15H,4-5,16-17H2,1-3H3. The van der Waals surface area contributed by atoms with Crippen LogP contribution in [0.25, 0.3) is 11.1 Å². The first-order valence-electron chi connectivity index (χ1n) is 9.20. The Balaban J connectivity index is 1.90. The van der Waals surface area contributed by atoms with Gasteiger partial charge in [0.2, 0.25) is 0 Å². The predicted molar refractivity (Wildman–Crippen MR) is 105 cm³/mol. The maximum atomic E-state index is 5.93. The summed E-state index contributed by atoms with van der Waals surface area (Å²) < 4.78 is 8.38. The summed E-state index contributed by atoms with van der Waals surface area (Å²) >= 11 is 0. The first-order chi connectivity index (χ1) is 12.3. The third-order valence-corrected chi connectivity index (χ3v) is 4.84. The van der Waals surface area contributed by atoms with E-state index in [9.17, 15) is 0 Å². The summed E-state index contributed by atoms with van der Waals surface area (Å²) in [6, 6.07) is 20.8. The number of ether oxygens (including phenoxy) is 1. The minimum atomic E-state index is 0.684. The smallest absolute Gasteiger partial charge is 0.119 e. The van der Waals surface area contributed by atoms with Crippen LogP contribution in [-0.2, 0) is 19.4 Å². The van der Waals surface area contributed by atoms with Crippen molar-refractivity contribution in [3.05, 3.63) is 77.6 Å². The summed E-state index contributed by atoms with van der Waals surface area (Å²) in [6.07, 6.45) is 2.08. The SMILES string of the molecule is CCc1c(-c2ccccc2)c(CC)n(CCOc2ccccc2)c1C. The molecule has 130 valence electrons. The van der Waals surface area contributed by atoms with E-state index in [1.54, 1.807) is 0 Å². The van der Waals surface area contributed by atoms with Crippen molar-refractivity contribution in [2.75, 3.05) is 6.61 Å². The van der Waals surface area contributed by atoms with E-state index in [-0.39, 0.29) is 0 Å². The zero-order chi connectivity index (χ0) is 17.6. The van der Waals surface area contributed by atoms with Crippen molar-refractivity contribution < 1.29 is 4.74 Å². The summed E-state index contributed by atoms with van der Waals surface area (Å²) in [5.41, 5.74) is 6.99. The molecule has 0 aliphatic carbocycles. The highest BCUT2D eigenvalue weighted by Crippen LogP contribution is 2.33. The molecule has 0 bridgehead atoms. The van der Waals surface area contributed by atoms with E-state index < -0.39 is 0 Å². The third kappa shape index (κ3) is 3.63. The average Bonchev–Trinajstić information content (AvgIpc) is 2.94. The van der Waals surface area contributed by atoms with Crippen molar-refractivity contribution in [3.8, 4) is 16.9 Å². The lowest BCUT2D eigenvalue weighted by atomic mass is 9.98. The number of hydrogen-bond acceptors (Lipinski definition) is 1. The van der Waals surface area contributed by atoms with Crippen molar-refractivity contribution in [1.82, 2.24) is 4.57 Å². The summed E-state index contributed by atoms with van der Waals surface area (Å²) in [5.74, 6) is 0.935. The predicted octanol–water partition coefficient (Wildman–Crippen LogP) is 5.67. The van der Waals surface area contributed by atoms with Gasteiger partial charge in [0.25, 0.3) is 0 Å². The summed E-state index contributed by atoms with van der Waals surface area (Å²) in [7, 11) is 0. The van der Waals surface area contributed by atoms with Gasteiger partial charge in [-0.1, -0.05) is 62.4 Å². The molecule has 0 N–H and O–H groups in total. The number of rotatable bonds is 7. The largest absolute Gasteiger partial charge is 0.492 e. The molecule has 3 rings (SSSR count). The van der Waals surface area contributed by atoms with Crippen LogP contribution in [0, 0.1) is 6.92 Å². The van der Waals surface area contributed by atoms with Gasteiger partial charge in [-0.2, -0.15) is 0 Å². The second-order valence-corrected chi connectivity index (χ2v) is 6.27. The molecule has 0 atom stereocenters. The van der Waals surface area contributed by atoms with E-state index in [0.717, 1.165) is 25.1 Å². The lowest BCUT2D eigenvalue weighted by molar-refractivity contribution is 0.295. The van der Waals surface area contributed by atoms with Crippen LogP contribution in [-0.4, -0.2) is 11.2 Å². The van der Waals surface area contributed by atoms with E-state index >= 15 is 0 Å². The van der Waals surface area contributed by atoms with Gasteiger partial charge in [-0.15, -0.1) is 0 Å². The van der Waals surface area contributed by atoms with Crippen molar-refractivity contribution in [1.29, 1.82) is 0 Å². The second kappa shape index (κ2) is 8.06. The van der Waals surface area contributed by atoms with Crippen LogP contribution < -0.4 is 4.74 Å². The maximum absolute atomic E-state index is 5.93. The van der Waals surface area contributed by atoms with Crippen LogP contribution >= 0.6 is 0 Å². The highest BCUT2D eigenvalue weighted by molar-refractivity contribution is 5.72. The molecule has 1 aromatic heterocycles. The van der Waals surface area contributed by atoms with Gasteiger partial charge in [-0.3, -0.25) is 0 Å². The van der Waals surface area contributed by atoms with E-state index in [1.165, 1.54) is 28.1 Å². The van der Waals surface area contributed by atoms with Gasteiger partial charge in [0.05, 0.1) is 6.54 Å². The molecule has 0 amide bonds. The van der Waals surface area contributed by atoms with E-state index in [1.807, 2.05) is 30.3 Å². The number of nitrogens with zero attached hydrogens (tertiary/aromatic N) is 1. The molecule has 2 nitrogen and oxygen atoms in total. The molecule has 3 aromatic rings. The molecule has 2 aromatic carbocycles. The first kappa shape index (κ1) is 17.3. The summed E-state index contributed by atoms with van der Waals surface area (Å²) in [5, 5.41) is 0. The molecule has 0 saturated carbocycles. The van der Waals surface area contributed by atoms with Crippen LogP contribution in [0.3, 0.4) is 0 Å². The Morgan fingerprint density at radius 3 is 2.08 bits per heavy atom. The van der Waals surface area contributed by atoms with Gasteiger partial charge in [0, 0.05) is 17.0 Å². The normalized spacial score (nSPS) is 10.8. The number of aromatic nitrogens is 1. The Kier molecular flexibility index (Phi) is 5.60. The average molecular weight is 333 g/mol. The zero-order valence-electron chi connectivity index (χ0n) is 15.5. The fourth-order valence-corrected chi connectivity index (χ4v) is 3.68. The van der Waals surface area contributed by atoms with Crippen molar-refractivity contribution in [3.63, 3.8) is 0 Å². The Morgan fingerprint density at radius 2 is 1.48 bits per heavy atom. The monoisotopic (exact) mass is 333 g/mol. The molecule has 0 unspecified atom stereocenters. The number of benzene rings is 2. The van der Waals surface area contributed by atoms with Gasteiger partial charge < -0.3 is 9.30 Å². The molecule has 0 saturated heterocycles. The Morgan fingerprint density at radius 1 is 0.840 bits per heavy atom. The number of hydrogen-bond donors (Lipinski definition) is 0.